The fourth-order valence-corrected chi connectivity index (χ4v) is 4.62. The van der Waals surface area contributed by atoms with Crippen molar-refractivity contribution in [2.45, 2.75) is 13.8 Å². The predicted octanol–water partition coefficient (Wildman–Crippen LogP) is 4.72. The van der Waals surface area contributed by atoms with E-state index in [1.54, 1.807) is 25.6 Å². The molecule has 9 heteroatoms. The van der Waals surface area contributed by atoms with E-state index in [1.807, 2.05) is 49.4 Å². The highest BCUT2D eigenvalue weighted by Gasteiger charge is 2.20. The van der Waals surface area contributed by atoms with Crippen molar-refractivity contribution in [1.29, 1.82) is 0 Å². The van der Waals surface area contributed by atoms with Crippen LogP contribution in [-0.4, -0.2) is 60.8 Å². The first kappa shape index (κ1) is 26.0. The third-order valence-electron chi connectivity index (χ3n) is 6.62. The van der Waals surface area contributed by atoms with E-state index in [4.69, 9.17) is 14.5 Å². The van der Waals surface area contributed by atoms with Gasteiger partial charge in [0.1, 0.15) is 5.82 Å². The Morgan fingerprint density at radius 2 is 1.77 bits per heavy atom. The van der Waals surface area contributed by atoms with E-state index in [0.29, 0.717) is 18.1 Å². The summed E-state index contributed by atoms with van der Waals surface area (Å²) in [6.45, 7) is 7.92. The van der Waals surface area contributed by atoms with Gasteiger partial charge in [-0.1, -0.05) is 6.07 Å². The summed E-state index contributed by atoms with van der Waals surface area (Å²) in [5, 5.41) is 3.96. The summed E-state index contributed by atoms with van der Waals surface area (Å²) < 4.78 is 10.9. The highest BCUT2D eigenvalue weighted by Crippen LogP contribution is 2.29. The first-order chi connectivity index (χ1) is 19.0. The van der Waals surface area contributed by atoms with Gasteiger partial charge in [0.05, 0.1) is 19.2 Å². The second-order valence-corrected chi connectivity index (χ2v) is 9.22. The molecule has 9 nitrogen and oxygen atoms in total. The number of carbonyl (C=O) groups excluding carboxylic acids is 1. The van der Waals surface area contributed by atoms with Crippen LogP contribution in [0.2, 0.25) is 0 Å². The van der Waals surface area contributed by atoms with Crippen LogP contribution in [0.3, 0.4) is 0 Å². The summed E-state index contributed by atoms with van der Waals surface area (Å²) >= 11 is 0. The molecule has 1 aliphatic rings. The van der Waals surface area contributed by atoms with E-state index >= 15 is 0 Å². The molecule has 3 heterocycles. The molecular weight excluding hydrogens is 492 g/mol. The maximum absolute atomic E-state index is 12.6. The lowest BCUT2D eigenvalue weighted by molar-refractivity contribution is -0.111. The van der Waals surface area contributed by atoms with Crippen LogP contribution < -0.4 is 24.6 Å². The summed E-state index contributed by atoms with van der Waals surface area (Å²) in [4.78, 5) is 30.8. The minimum Gasteiger partial charge on any atom is -0.493 e. The minimum atomic E-state index is -0.218. The molecule has 1 N–H and O–H groups in total. The molecule has 0 radical (unpaired) electrons. The van der Waals surface area contributed by atoms with Crippen molar-refractivity contribution >= 4 is 40.3 Å². The molecule has 0 bridgehead atoms. The standard InChI is InChI=1S/C30H32N6O3/c1-4-39-26-10-6-22(19-27(26)38-3)7-11-29(37)33-23-8-9-25-24(20-23)21(2)18-28(34-25)35-14-16-36(17-15-35)30-31-12-5-13-32-30/h5-13,18-20H,4,14-17H2,1-3H3,(H,33,37)/b11-7+. The molecule has 4 aromatic rings. The maximum Gasteiger partial charge on any atom is 0.248 e. The van der Waals surface area contributed by atoms with E-state index in [1.165, 1.54) is 6.08 Å². The molecule has 0 spiro atoms. The SMILES string of the molecule is CCOc1ccc(/C=C/C(=O)Nc2ccc3nc(N4CCN(c5ncccn5)CC4)cc(C)c3c2)cc1OC. The number of rotatable bonds is 8. The van der Waals surface area contributed by atoms with E-state index < -0.39 is 0 Å². The molecule has 1 amide bonds. The summed E-state index contributed by atoms with van der Waals surface area (Å²) in [5.74, 6) is 2.81. The van der Waals surface area contributed by atoms with Gasteiger partial charge >= 0.3 is 0 Å². The second kappa shape index (κ2) is 11.8. The Bertz CT molecular complexity index is 1480. The molecule has 0 atom stereocenters. The van der Waals surface area contributed by atoms with Crippen LogP contribution >= 0.6 is 0 Å². The number of hydrogen-bond donors (Lipinski definition) is 1. The van der Waals surface area contributed by atoms with Crippen molar-refractivity contribution in [2.24, 2.45) is 0 Å². The van der Waals surface area contributed by atoms with Crippen molar-refractivity contribution in [3.8, 4) is 11.5 Å². The number of hydrogen-bond acceptors (Lipinski definition) is 8. The molecule has 0 saturated carbocycles. The van der Waals surface area contributed by atoms with Gasteiger partial charge in [-0.15, -0.1) is 0 Å². The van der Waals surface area contributed by atoms with Crippen LogP contribution in [0.1, 0.15) is 18.1 Å². The molecule has 1 aliphatic heterocycles. The largest absolute Gasteiger partial charge is 0.493 e. The van der Waals surface area contributed by atoms with E-state index in [0.717, 1.165) is 65.7 Å². The van der Waals surface area contributed by atoms with Crippen LogP contribution in [0, 0.1) is 6.92 Å². The third-order valence-corrected chi connectivity index (χ3v) is 6.62. The zero-order chi connectivity index (χ0) is 27.2. The number of nitrogens with zero attached hydrogens (tertiary/aromatic N) is 5. The van der Waals surface area contributed by atoms with Gasteiger partial charge in [-0.25, -0.2) is 15.0 Å². The average Bonchev–Trinajstić information content (AvgIpc) is 2.97. The molecule has 0 unspecified atom stereocenters. The summed E-state index contributed by atoms with van der Waals surface area (Å²) in [6.07, 6.45) is 6.80. The lowest BCUT2D eigenvalue weighted by Crippen LogP contribution is -2.47. The highest BCUT2D eigenvalue weighted by molar-refractivity contribution is 6.03. The summed E-state index contributed by atoms with van der Waals surface area (Å²) in [5.41, 5.74) is 3.56. The number of benzene rings is 2. The van der Waals surface area contributed by atoms with Gasteiger partial charge in [0.15, 0.2) is 11.5 Å². The summed E-state index contributed by atoms with van der Waals surface area (Å²) in [7, 11) is 1.60. The first-order valence-electron chi connectivity index (χ1n) is 13.0. The number of aromatic nitrogens is 3. The van der Waals surface area contributed by atoms with Gasteiger partial charge in [-0.3, -0.25) is 4.79 Å². The lowest BCUT2D eigenvalue weighted by atomic mass is 10.1. The third kappa shape index (κ3) is 6.09. The van der Waals surface area contributed by atoms with Crippen molar-refractivity contribution in [2.75, 3.05) is 55.0 Å². The monoisotopic (exact) mass is 524 g/mol. The number of anilines is 3. The lowest BCUT2D eigenvalue weighted by Gasteiger charge is -2.35. The summed E-state index contributed by atoms with van der Waals surface area (Å²) in [6, 6.07) is 15.3. The van der Waals surface area contributed by atoms with Crippen LogP contribution in [-0.2, 0) is 4.79 Å². The molecule has 2 aromatic heterocycles. The first-order valence-corrected chi connectivity index (χ1v) is 13.0. The maximum atomic E-state index is 12.6. The van der Waals surface area contributed by atoms with Crippen molar-refractivity contribution in [3.05, 3.63) is 78.1 Å². The average molecular weight is 525 g/mol. The topological polar surface area (TPSA) is 92.7 Å². The van der Waals surface area contributed by atoms with Gasteiger partial charge in [-0.05, 0) is 73.5 Å². The molecule has 1 saturated heterocycles. The highest BCUT2D eigenvalue weighted by atomic mass is 16.5. The van der Waals surface area contributed by atoms with E-state index in [-0.39, 0.29) is 5.91 Å². The smallest absolute Gasteiger partial charge is 0.248 e. The van der Waals surface area contributed by atoms with Gasteiger partial charge < -0.3 is 24.6 Å². The molecule has 1 fully saturated rings. The molecule has 200 valence electrons. The number of nitrogens with one attached hydrogen (secondary N) is 1. The Kier molecular flexibility index (Phi) is 7.86. The molecular formula is C30H32N6O3. The number of ether oxygens (including phenoxy) is 2. The molecule has 5 rings (SSSR count). The Morgan fingerprint density at radius 3 is 2.51 bits per heavy atom. The van der Waals surface area contributed by atoms with Gasteiger partial charge in [0, 0.05) is 55.7 Å². The van der Waals surface area contributed by atoms with Crippen LogP contribution in [0.15, 0.2) is 67.0 Å². The number of piperazine rings is 1. The Hall–Kier alpha value is -4.66. The Morgan fingerprint density at radius 1 is 1.00 bits per heavy atom. The van der Waals surface area contributed by atoms with Crippen molar-refractivity contribution in [3.63, 3.8) is 0 Å². The zero-order valence-corrected chi connectivity index (χ0v) is 22.4. The normalized spacial score (nSPS) is 13.6. The second-order valence-electron chi connectivity index (χ2n) is 9.22. The zero-order valence-electron chi connectivity index (χ0n) is 22.4. The fourth-order valence-electron chi connectivity index (χ4n) is 4.62. The Balaban J connectivity index is 1.24. The quantitative estimate of drug-likeness (QED) is 0.331. The molecule has 0 aliphatic carbocycles. The molecule has 2 aromatic carbocycles. The van der Waals surface area contributed by atoms with Crippen LogP contribution in [0.5, 0.6) is 11.5 Å². The number of pyridine rings is 1. The van der Waals surface area contributed by atoms with E-state index in [9.17, 15) is 4.79 Å². The van der Waals surface area contributed by atoms with Gasteiger partial charge in [0.25, 0.3) is 0 Å². The van der Waals surface area contributed by atoms with Crippen LogP contribution in [0.25, 0.3) is 17.0 Å². The number of aryl methyl sites for hydroxylation is 1. The van der Waals surface area contributed by atoms with Crippen LogP contribution in [0.4, 0.5) is 17.5 Å². The number of amides is 1. The van der Waals surface area contributed by atoms with E-state index in [2.05, 4.69) is 38.1 Å². The van der Waals surface area contributed by atoms with Gasteiger partial charge in [0.2, 0.25) is 11.9 Å². The number of methoxy groups -OCH3 is 1. The number of carbonyl (C=O) groups is 1. The van der Waals surface area contributed by atoms with Gasteiger partial charge in [-0.2, -0.15) is 0 Å². The predicted molar refractivity (Wildman–Crippen MR) is 155 cm³/mol. The van der Waals surface area contributed by atoms with Crippen molar-refractivity contribution in [1.82, 2.24) is 15.0 Å². The van der Waals surface area contributed by atoms with Crippen molar-refractivity contribution < 1.29 is 14.3 Å². The fraction of sp³-hybridized carbons (Fsp3) is 0.267. The molecule has 39 heavy (non-hydrogen) atoms. The Labute approximate surface area is 228 Å². The minimum absolute atomic E-state index is 0.218. The number of fused-ring (bicyclic) bond motifs is 1.